The zero-order valence-electron chi connectivity index (χ0n) is 8.78. The number of furan rings is 1. The van der Waals surface area contributed by atoms with Gasteiger partial charge in [-0.05, 0) is 12.1 Å². The molecule has 0 bridgehead atoms. The fourth-order valence-electron chi connectivity index (χ4n) is 1.28. The lowest BCUT2D eigenvalue weighted by Crippen LogP contribution is -2.14. The van der Waals surface area contributed by atoms with E-state index < -0.39 is 10.8 Å². The monoisotopic (exact) mass is 236 g/mol. The highest BCUT2D eigenvalue weighted by Crippen LogP contribution is 2.23. The van der Waals surface area contributed by atoms with Crippen LogP contribution in [0.1, 0.15) is 10.6 Å². The van der Waals surface area contributed by atoms with Crippen LogP contribution < -0.4 is 5.32 Å². The van der Waals surface area contributed by atoms with E-state index in [0.717, 1.165) is 6.20 Å². The van der Waals surface area contributed by atoms with Gasteiger partial charge in [0.1, 0.15) is 6.20 Å². The minimum Gasteiger partial charge on any atom is -0.459 e. The summed E-state index contributed by atoms with van der Waals surface area (Å²) in [5, 5.41) is 16.8. The summed E-state index contributed by atoms with van der Waals surface area (Å²) in [5.74, 6) is -0.487. The van der Waals surface area contributed by atoms with E-state index in [0.29, 0.717) is 0 Å². The third-order valence-corrected chi connectivity index (χ3v) is 2.09. The molecule has 0 aliphatic rings. The average molecular weight is 236 g/mol. The maximum absolute atomic E-state index is 11.6. The quantitative estimate of drug-likeness (QED) is 0.636. The molecule has 0 spiro atoms. The smallest absolute Gasteiger partial charge is 0.331 e. The molecule has 0 aliphatic carbocycles. The van der Waals surface area contributed by atoms with Crippen LogP contribution in [0.4, 0.5) is 11.5 Å². The summed E-state index contributed by atoms with van der Waals surface area (Å²) < 4.78 is 6.08. The molecular formula is C9H8N4O4. The minimum absolute atomic E-state index is 0.0106. The molecule has 88 valence electrons. The molecular weight excluding hydrogens is 228 g/mol. The normalized spacial score (nSPS) is 10.2. The lowest BCUT2D eigenvalue weighted by atomic mass is 10.4. The van der Waals surface area contributed by atoms with Gasteiger partial charge in [0.05, 0.1) is 11.2 Å². The van der Waals surface area contributed by atoms with E-state index in [-0.39, 0.29) is 17.3 Å². The second-order valence-electron chi connectivity index (χ2n) is 3.19. The first-order valence-electron chi connectivity index (χ1n) is 4.61. The maximum Gasteiger partial charge on any atom is 0.331 e. The van der Waals surface area contributed by atoms with Gasteiger partial charge in [-0.25, -0.2) is 4.68 Å². The van der Waals surface area contributed by atoms with Gasteiger partial charge < -0.3 is 4.42 Å². The van der Waals surface area contributed by atoms with Crippen molar-refractivity contribution in [3.63, 3.8) is 0 Å². The Balaban J connectivity index is 2.27. The first kappa shape index (κ1) is 10.9. The van der Waals surface area contributed by atoms with Gasteiger partial charge >= 0.3 is 5.69 Å². The van der Waals surface area contributed by atoms with Gasteiger partial charge in [-0.15, -0.1) is 0 Å². The number of aromatic nitrogens is 2. The van der Waals surface area contributed by atoms with Crippen molar-refractivity contribution in [1.82, 2.24) is 9.78 Å². The van der Waals surface area contributed by atoms with Crippen molar-refractivity contribution in [2.24, 2.45) is 7.05 Å². The van der Waals surface area contributed by atoms with E-state index in [1.54, 1.807) is 6.07 Å². The second kappa shape index (κ2) is 4.08. The van der Waals surface area contributed by atoms with Crippen LogP contribution in [0.15, 0.2) is 29.0 Å². The number of carbonyl (C=O) groups excluding carboxylic acids is 1. The van der Waals surface area contributed by atoms with Gasteiger partial charge in [-0.1, -0.05) is 0 Å². The Morgan fingerprint density at radius 3 is 3.00 bits per heavy atom. The third kappa shape index (κ3) is 2.00. The molecule has 0 unspecified atom stereocenters. The largest absolute Gasteiger partial charge is 0.459 e. The van der Waals surface area contributed by atoms with Gasteiger partial charge in [0.15, 0.2) is 5.76 Å². The van der Waals surface area contributed by atoms with Crippen LogP contribution in [0.3, 0.4) is 0 Å². The number of rotatable bonds is 3. The average Bonchev–Trinajstić information content (AvgIpc) is 2.89. The number of carbonyl (C=O) groups is 1. The van der Waals surface area contributed by atoms with E-state index in [1.165, 1.54) is 24.1 Å². The Kier molecular flexibility index (Phi) is 2.61. The third-order valence-electron chi connectivity index (χ3n) is 2.09. The summed E-state index contributed by atoms with van der Waals surface area (Å²) in [5.41, 5.74) is -0.271. The van der Waals surface area contributed by atoms with Gasteiger partial charge in [-0.3, -0.25) is 20.2 Å². The Morgan fingerprint density at radius 1 is 1.65 bits per heavy atom. The van der Waals surface area contributed by atoms with Gasteiger partial charge in [0.25, 0.3) is 5.91 Å². The van der Waals surface area contributed by atoms with Crippen LogP contribution in [0, 0.1) is 10.1 Å². The summed E-state index contributed by atoms with van der Waals surface area (Å²) >= 11 is 0. The molecule has 0 atom stereocenters. The molecule has 2 heterocycles. The summed E-state index contributed by atoms with van der Waals surface area (Å²) in [7, 11) is 1.49. The highest BCUT2D eigenvalue weighted by Gasteiger charge is 2.22. The molecule has 0 aromatic carbocycles. The zero-order valence-corrected chi connectivity index (χ0v) is 8.78. The first-order valence-corrected chi connectivity index (χ1v) is 4.61. The topological polar surface area (TPSA) is 103 Å². The summed E-state index contributed by atoms with van der Waals surface area (Å²) in [6, 6.07) is 3.00. The van der Waals surface area contributed by atoms with Gasteiger partial charge in [0, 0.05) is 7.05 Å². The van der Waals surface area contributed by atoms with Crippen LogP contribution >= 0.6 is 0 Å². The van der Waals surface area contributed by atoms with Crippen molar-refractivity contribution in [2.45, 2.75) is 0 Å². The number of nitrogens with zero attached hydrogens (tertiary/aromatic N) is 3. The SMILES string of the molecule is Cn1ncc([N+](=O)[O-])c1NC(=O)c1ccco1. The molecule has 2 aromatic heterocycles. The number of anilines is 1. The number of amides is 1. The zero-order chi connectivity index (χ0) is 12.4. The number of nitro groups is 1. The van der Waals surface area contributed by atoms with Crippen LogP contribution in [0.5, 0.6) is 0 Å². The summed E-state index contributed by atoms with van der Waals surface area (Å²) in [6.45, 7) is 0. The molecule has 1 N–H and O–H groups in total. The van der Waals surface area contributed by atoms with E-state index in [2.05, 4.69) is 10.4 Å². The molecule has 0 radical (unpaired) electrons. The predicted octanol–water partition coefficient (Wildman–Crippen LogP) is 1.17. The molecule has 17 heavy (non-hydrogen) atoms. The molecule has 0 aliphatic heterocycles. The van der Waals surface area contributed by atoms with Crippen molar-refractivity contribution in [3.05, 3.63) is 40.5 Å². The van der Waals surface area contributed by atoms with Crippen molar-refractivity contribution in [3.8, 4) is 0 Å². The standard InChI is InChI=1S/C9H8N4O4/c1-12-8(6(5-10-12)13(15)16)11-9(14)7-3-2-4-17-7/h2-5H,1H3,(H,11,14). The van der Waals surface area contributed by atoms with E-state index in [1.807, 2.05) is 0 Å². The van der Waals surface area contributed by atoms with Crippen molar-refractivity contribution >= 4 is 17.4 Å². The van der Waals surface area contributed by atoms with E-state index in [9.17, 15) is 14.9 Å². The molecule has 0 saturated heterocycles. The minimum atomic E-state index is -0.620. The van der Waals surface area contributed by atoms with Crippen molar-refractivity contribution in [1.29, 1.82) is 0 Å². The number of nitrogens with one attached hydrogen (secondary N) is 1. The Bertz CT molecular complexity index is 558. The van der Waals surface area contributed by atoms with Crippen LogP contribution in [0.2, 0.25) is 0 Å². The molecule has 0 saturated carbocycles. The molecule has 2 rings (SSSR count). The summed E-state index contributed by atoms with van der Waals surface area (Å²) in [4.78, 5) is 21.7. The maximum atomic E-state index is 11.6. The molecule has 1 amide bonds. The molecule has 0 fully saturated rings. The van der Waals surface area contributed by atoms with E-state index in [4.69, 9.17) is 4.42 Å². The number of hydrogen-bond acceptors (Lipinski definition) is 5. The first-order chi connectivity index (χ1) is 8.09. The molecule has 8 nitrogen and oxygen atoms in total. The lowest BCUT2D eigenvalue weighted by Gasteiger charge is -2.02. The fraction of sp³-hybridized carbons (Fsp3) is 0.111. The number of aryl methyl sites for hydroxylation is 1. The Morgan fingerprint density at radius 2 is 2.41 bits per heavy atom. The van der Waals surface area contributed by atoms with E-state index >= 15 is 0 Å². The number of hydrogen-bond donors (Lipinski definition) is 1. The van der Waals surface area contributed by atoms with Gasteiger partial charge in [0.2, 0.25) is 5.82 Å². The Hall–Kier alpha value is -2.64. The molecule has 8 heteroatoms. The van der Waals surface area contributed by atoms with Crippen molar-refractivity contribution < 1.29 is 14.1 Å². The van der Waals surface area contributed by atoms with Crippen molar-refractivity contribution in [2.75, 3.05) is 5.32 Å². The predicted molar refractivity (Wildman–Crippen MR) is 56.5 cm³/mol. The molecule has 2 aromatic rings. The van der Waals surface area contributed by atoms with Gasteiger partial charge in [-0.2, -0.15) is 5.10 Å². The highest BCUT2D eigenvalue weighted by atomic mass is 16.6. The highest BCUT2D eigenvalue weighted by molar-refractivity contribution is 6.02. The van der Waals surface area contributed by atoms with Crippen LogP contribution in [0.25, 0.3) is 0 Å². The second-order valence-corrected chi connectivity index (χ2v) is 3.19. The van der Waals surface area contributed by atoms with Crippen LogP contribution in [-0.2, 0) is 7.05 Å². The Labute approximate surface area is 95.0 Å². The fourth-order valence-corrected chi connectivity index (χ4v) is 1.28. The lowest BCUT2D eigenvalue weighted by molar-refractivity contribution is -0.384. The van der Waals surface area contributed by atoms with Crippen LogP contribution in [-0.4, -0.2) is 20.6 Å². The summed E-state index contributed by atoms with van der Waals surface area (Å²) in [6.07, 6.45) is 2.41.